The Hall–Kier alpha value is -2.66. The van der Waals surface area contributed by atoms with Gasteiger partial charge in [-0.05, 0) is 43.7 Å². The number of benzene rings is 2. The predicted molar refractivity (Wildman–Crippen MR) is 105 cm³/mol. The van der Waals surface area contributed by atoms with Crippen LogP contribution in [-0.2, 0) is 4.79 Å². The molecule has 0 spiro atoms. The Morgan fingerprint density at radius 2 is 1.85 bits per heavy atom. The van der Waals surface area contributed by atoms with E-state index in [1.807, 2.05) is 73.8 Å². The van der Waals surface area contributed by atoms with Crippen molar-refractivity contribution in [2.24, 2.45) is 0 Å². The van der Waals surface area contributed by atoms with E-state index in [0.717, 1.165) is 21.8 Å². The maximum Gasteiger partial charge on any atom is 0.260 e. The summed E-state index contributed by atoms with van der Waals surface area (Å²) >= 11 is 1.62. The van der Waals surface area contributed by atoms with Gasteiger partial charge in [-0.3, -0.25) is 4.79 Å². The molecule has 26 heavy (non-hydrogen) atoms. The minimum Gasteiger partial charge on any atom is -0.484 e. The zero-order chi connectivity index (χ0) is 18.5. The first-order valence-corrected chi connectivity index (χ1v) is 9.38. The van der Waals surface area contributed by atoms with Gasteiger partial charge in [-0.1, -0.05) is 30.3 Å². The van der Waals surface area contributed by atoms with Crippen LogP contribution >= 0.6 is 11.3 Å². The second-order valence-electron chi connectivity index (χ2n) is 6.20. The summed E-state index contributed by atoms with van der Waals surface area (Å²) in [6.07, 6.45) is 0. The molecule has 0 aliphatic rings. The van der Waals surface area contributed by atoms with Gasteiger partial charge < -0.3 is 9.64 Å². The van der Waals surface area contributed by atoms with Gasteiger partial charge in [-0.15, -0.1) is 11.3 Å². The monoisotopic (exact) mass is 366 g/mol. The summed E-state index contributed by atoms with van der Waals surface area (Å²) in [6.45, 7) is 4.01. The molecule has 0 aliphatic carbocycles. The molecule has 3 aromatic rings. The van der Waals surface area contributed by atoms with Gasteiger partial charge in [0, 0.05) is 23.7 Å². The molecule has 134 valence electrons. The molecule has 0 fully saturated rings. The predicted octanol–water partition coefficient (Wildman–Crippen LogP) is 4.72. The topological polar surface area (TPSA) is 42.4 Å². The standard InChI is InChI=1S/C21H22N2O2S/c1-15-14-26-21(22-15)18-9-11-19(12-10-18)25-13-20(24)23(3)16(2)17-7-5-4-6-8-17/h4-12,14,16H,13H2,1-3H3/t16-/m0/s1. The Morgan fingerprint density at radius 1 is 1.15 bits per heavy atom. The molecule has 0 saturated heterocycles. The number of thiazole rings is 1. The second-order valence-corrected chi connectivity index (χ2v) is 7.06. The van der Waals surface area contributed by atoms with Crippen LogP contribution in [0.2, 0.25) is 0 Å². The first-order chi connectivity index (χ1) is 12.5. The van der Waals surface area contributed by atoms with Crippen molar-refractivity contribution in [2.75, 3.05) is 13.7 Å². The van der Waals surface area contributed by atoms with Crippen molar-refractivity contribution in [3.63, 3.8) is 0 Å². The highest BCUT2D eigenvalue weighted by molar-refractivity contribution is 7.13. The lowest BCUT2D eigenvalue weighted by molar-refractivity contribution is -0.134. The summed E-state index contributed by atoms with van der Waals surface area (Å²) < 4.78 is 5.66. The van der Waals surface area contributed by atoms with Gasteiger partial charge in [0.05, 0.1) is 6.04 Å². The third-order valence-corrected chi connectivity index (χ3v) is 5.35. The summed E-state index contributed by atoms with van der Waals surface area (Å²) in [5.74, 6) is 0.622. The Balaban J connectivity index is 1.57. The van der Waals surface area contributed by atoms with Crippen molar-refractivity contribution in [3.8, 4) is 16.3 Å². The molecule has 1 heterocycles. The van der Waals surface area contributed by atoms with Gasteiger partial charge in [-0.2, -0.15) is 0 Å². The summed E-state index contributed by atoms with van der Waals surface area (Å²) in [5, 5.41) is 3.02. The fourth-order valence-electron chi connectivity index (χ4n) is 2.60. The van der Waals surface area contributed by atoms with E-state index in [2.05, 4.69) is 4.98 Å². The molecule has 0 aliphatic heterocycles. The highest BCUT2D eigenvalue weighted by atomic mass is 32.1. The molecule has 0 unspecified atom stereocenters. The van der Waals surface area contributed by atoms with E-state index < -0.39 is 0 Å². The molecule has 5 heteroatoms. The summed E-state index contributed by atoms with van der Waals surface area (Å²) in [5.41, 5.74) is 3.18. The number of nitrogens with zero attached hydrogens (tertiary/aromatic N) is 2. The Labute approximate surface area is 158 Å². The van der Waals surface area contributed by atoms with E-state index >= 15 is 0 Å². The zero-order valence-electron chi connectivity index (χ0n) is 15.2. The van der Waals surface area contributed by atoms with Gasteiger partial charge in [-0.25, -0.2) is 4.98 Å². The molecule has 1 aromatic heterocycles. The maximum atomic E-state index is 12.4. The molecule has 0 bridgehead atoms. The van der Waals surface area contributed by atoms with Gasteiger partial charge in [0.2, 0.25) is 0 Å². The Morgan fingerprint density at radius 3 is 2.46 bits per heavy atom. The number of hydrogen-bond donors (Lipinski definition) is 0. The maximum absolute atomic E-state index is 12.4. The van der Waals surface area contributed by atoms with Crippen LogP contribution in [0.25, 0.3) is 10.6 Å². The summed E-state index contributed by atoms with van der Waals surface area (Å²) in [4.78, 5) is 18.6. The fourth-order valence-corrected chi connectivity index (χ4v) is 3.40. The number of likely N-dealkylation sites (N-methyl/N-ethyl adjacent to an activating group) is 1. The molecule has 2 aromatic carbocycles. The SMILES string of the molecule is Cc1csc(-c2ccc(OCC(=O)N(C)[C@@H](C)c3ccccc3)cc2)n1. The Kier molecular flexibility index (Phi) is 5.68. The van der Waals surface area contributed by atoms with E-state index in [1.54, 1.807) is 23.3 Å². The quantitative estimate of drug-likeness (QED) is 0.634. The third kappa shape index (κ3) is 4.29. The number of ether oxygens (including phenoxy) is 1. The van der Waals surface area contributed by atoms with Crippen LogP contribution in [-0.4, -0.2) is 29.4 Å². The molecule has 3 rings (SSSR count). The van der Waals surface area contributed by atoms with Gasteiger partial charge in [0.25, 0.3) is 5.91 Å². The average Bonchev–Trinajstić information content (AvgIpc) is 3.12. The van der Waals surface area contributed by atoms with Crippen molar-refractivity contribution in [3.05, 3.63) is 71.2 Å². The average molecular weight is 366 g/mol. The normalized spacial score (nSPS) is 11.8. The smallest absolute Gasteiger partial charge is 0.260 e. The Bertz CT molecular complexity index is 859. The van der Waals surface area contributed by atoms with Crippen molar-refractivity contribution >= 4 is 17.2 Å². The molecular weight excluding hydrogens is 344 g/mol. The van der Waals surface area contributed by atoms with Gasteiger partial charge >= 0.3 is 0 Å². The lowest BCUT2D eigenvalue weighted by Crippen LogP contribution is -2.33. The number of carbonyl (C=O) groups excluding carboxylic acids is 1. The third-order valence-electron chi connectivity index (χ3n) is 4.34. The van der Waals surface area contributed by atoms with E-state index in [4.69, 9.17) is 4.74 Å². The largest absolute Gasteiger partial charge is 0.484 e. The number of amides is 1. The highest BCUT2D eigenvalue weighted by Crippen LogP contribution is 2.25. The van der Waals surface area contributed by atoms with Crippen LogP contribution in [0.15, 0.2) is 60.0 Å². The van der Waals surface area contributed by atoms with Gasteiger partial charge in [0.15, 0.2) is 6.61 Å². The van der Waals surface area contributed by atoms with E-state index in [1.165, 1.54) is 0 Å². The molecule has 0 radical (unpaired) electrons. The van der Waals surface area contributed by atoms with E-state index in [9.17, 15) is 4.79 Å². The fraction of sp³-hybridized carbons (Fsp3) is 0.238. The number of rotatable bonds is 6. The lowest BCUT2D eigenvalue weighted by Gasteiger charge is -2.25. The second kappa shape index (κ2) is 8.15. The lowest BCUT2D eigenvalue weighted by atomic mass is 10.1. The molecule has 1 atom stereocenters. The van der Waals surface area contributed by atoms with Crippen LogP contribution in [0.5, 0.6) is 5.75 Å². The molecule has 4 nitrogen and oxygen atoms in total. The van der Waals surface area contributed by atoms with Crippen LogP contribution in [0.4, 0.5) is 0 Å². The molecule has 1 amide bonds. The van der Waals surface area contributed by atoms with Crippen molar-refractivity contribution < 1.29 is 9.53 Å². The zero-order valence-corrected chi connectivity index (χ0v) is 16.0. The number of carbonyl (C=O) groups is 1. The summed E-state index contributed by atoms with van der Waals surface area (Å²) in [7, 11) is 1.80. The van der Waals surface area contributed by atoms with Crippen LogP contribution < -0.4 is 4.74 Å². The first kappa shape index (κ1) is 18.1. The van der Waals surface area contributed by atoms with Crippen molar-refractivity contribution in [2.45, 2.75) is 19.9 Å². The molecular formula is C21H22N2O2S. The summed E-state index contributed by atoms with van der Waals surface area (Å²) in [6, 6.07) is 17.7. The molecule has 0 saturated carbocycles. The van der Waals surface area contributed by atoms with Crippen LogP contribution in [0.3, 0.4) is 0 Å². The molecule has 0 N–H and O–H groups in total. The van der Waals surface area contributed by atoms with Crippen molar-refractivity contribution in [1.29, 1.82) is 0 Å². The first-order valence-electron chi connectivity index (χ1n) is 8.50. The van der Waals surface area contributed by atoms with Crippen LogP contribution in [0, 0.1) is 6.92 Å². The van der Waals surface area contributed by atoms with Crippen molar-refractivity contribution in [1.82, 2.24) is 9.88 Å². The van der Waals surface area contributed by atoms with Gasteiger partial charge in [0.1, 0.15) is 10.8 Å². The van der Waals surface area contributed by atoms with Crippen LogP contribution in [0.1, 0.15) is 24.2 Å². The van der Waals surface area contributed by atoms with E-state index in [0.29, 0.717) is 5.75 Å². The number of hydrogen-bond acceptors (Lipinski definition) is 4. The highest BCUT2D eigenvalue weighted by Gasteiger charge is 2.17. The number of aromatic nitrogens is 1. The van der Waals surface area contributed by atoms with E-state index in [-0.39, 0.29) is 18.6 Å². The number of aryl methyl sites for hydroxylation is 1. The minimum atomic E-state index is -0.0547. The minimum absolute atomic E-state index is 0.00261.